The molecule has 35 heavy (non-hydrogen) atoms. The van der Waals surface area contributed by atoms with E-state index < -0.39 is 0 Å². The molecule has 0 unspecified atom stereocenters. The standard InChI is InChI=1S/C29H33N3O2S/c1-21-10-14-24(15-11-21)32-27(22-8-6-9-26(20-22)33-5)30-31-28(32)35-19-7-18-34-25-16-12-23(13-17-25)29(2,3)4/h6,8-17,20H,7,18-19H2,1-5H3. The molecule has 1 heterocycles. The normalized spacial score (nSPS) is 11.5. The Labute approximate surface area is 212 Å². The second-order valence-corrected chi connectivity index (χ2v) is 10.6. The lowest BCUT2D eigenvalue weighted by atomic mass is 9.87. The molecule has 0 saturated heterocycles. The molecule has 0 atom stereocenters. The molecule has 4 rings (SSSR count). The Morgan fingerprint density at radius 1 is 0.886 bits per heavy atom. The minimum absolute atomic E-state index is 0.145. The zero-order valence-electron chi connectivity index (χ0n) is 21.1. The van der Waals surface area contributed by atoms with Crippen molar-refractivity contribution in [3.05, 3.63) is 83.9 Å². The molecule has 5 nitrogen and oxygen atoms in total. The van der Waals surface area contributed by atoms with Gasteiger partial charge in [-0.15, -0.1) is 10.2 Å². The zero-order chi connectivity index (χ0) is 24.8. The molecular formula is C29H33N3O2S. The average Bonchev–Trinajstić information content (AvgIpc) is 3.28. The zero-order valence-corrected chi connectivity index (χ0v) is 21.9. The molecule has 6 heteroatoms. The molecule has 0 radical (unpaired) electrons. The Hall–Kier alpha value is -3.25. The summed E-state index contributed by atoms with van der Waals surface area (Å²) in [7, 11) is 1.67. The van der Waals surface area contributed by atoms with Crippen LogP contribution < -0.4 is 9.47 Å². The molecule has 0 saturated carbocycles. The van der Waals surface area contributed by atoms with Crippen LogP contribution in [-0.2, 0) is 5.41 Å². The second-order valence-electron chi connectivity index (χ2n) is 9.53. The van der Waals surface area contributed by atoms with Crippen molar-refractivity contribution in [3.63, 3.8) is 0 Å². The van der Waals surface area contributed by atoms with Gasteiger partial charge in [-0.3, -0.25) is 4.57 Å². The van der Waals surface area contributed by atoms with Crippen LogP contribution in [0.15, 0.2) is 78.0 Å². The summed E-state index contributed by atoms with van der Waals surface area (Å²) in [6.45, 7) is 9.40. The SMILES string of the molecule is COc1cccc(-c2nnc(SCCCOc3ccc(C(C)(C)C)cc3)n2-c2ccc(C)cc2)c1. The number of hydrogen-bond donors (Lipinski definition) is 0. The fourth-order valence-electron chi connectivity index (χ4n) is 3.70. The van der Waals surface area contributed by atoms with E-state index in [9.17, 15) is 0 Å². The topological polar surface area (TPSA) is 49.2 Å². The maximum absolute atomic E-state index is 5.97. The second kappa shape index (κ2) is 11.0. The molecule has 182 valence electrons. The highest BCUT2D eigenvalue weighted by Gasteiger charge is 2.17. The van der Waals surface area contributed by atoms with Crippen molar-refractivity contribution in [2.45, 2.75) is 44.7 Å². The third-order valence-corrected chi connectivity index (χ3v) is 6.78. The van der Waals surface area contributed by atoms with Crippen molar-refractivity contribution < 1.29 is 9.47 Å². The number of aromatic nitrogens is 3. The van der Waals surface area contributed by atoms with Crippen LogP contribution >= 0.6 is 11.8 Å². The molecule has 0 aliphatic heterocycles. The van der Waals surface area contributed by atoms with Crippen LogP contribution in [0.3, 0.4) is 0 Å². The molecule has 0 aliphatic rings. The maximum atomic E-state index is 5.97. The van der Waals surface area contributed by atoms with Crippen molar-refractivity contribution in [1.29, 1.82) is 0 Å². The third kappa shape index (κ3) is 6.25. The lowest BCUT2D eigenvalue weighted by Gasteiger charge is -2.19. The summed E-state index contributed by atoms with van der Waals surface area (Å²) >= 11 is 1.69. The summed E-state index contributed by atoms with van der Waals surface area (Å²) in [5, 5.41) is 9.93. The van der Waals surface area contributed by atoms with E-state index in [0.717, 1.165) is 45.9 Å². The highest BCUT2D eigenvalue weighted by molar-refractivity contribution is 7.99. The van der Waals surface area contributed by atoms with E-state index in [0.29, 0.717) is 6.61 Å². The first kappa shape index (κ1) is 24.9. The number of aryl methyl sites for hydroxylation is 1. The quantitative estimate of drug-likeness (QED) is 0.186. The summed E-state index contributed by atoms with van der Waals surface area (Å²) in [6.07, 6.45) is 0.904. The van der Waals surface area contributed by atoms with Gasteiger partial charge in [-0.1, -0.05) is 74.5 Å². The van der Waals surface area contributed by atoms with Crippen LogP contribution in [0.2, 0.25) is 0 Å². The lowest BCUT2D eigenvalue weighted by molar-refractivity contribution is 0.318. The predicted molar refractivity (Wildman–Crippen MR) is 144 cm³/mol. The van der Waals surface area contributed by atoms with E-state index in [-0.39, 0.29) is 5.41 Å². The Morgan fingerprint density at radius 3 is 2.31 bits per heavy atom. The van der Waals surface area contributed by atoms with E-state index in [1.165, 1.54) is 11.1 Å². The smallest absolute Gasteiger partial charge is 0.196 e. The summed E-state index contributed by atoms with van der Waals surface area (Å²) in [6, 6.07) is 24.8. The van der Waals surface area contributed by atoms with Crippen molar-refractivity contribution in [2.24, 2.45) is 0 Å². The maximum Gasteiger partial charge on any atom is 0.196 e. The fourth-order valence-corrected chi connectivity index (χ4v) is 4.57. The van der Waals surface area contributed by atoms with Gasteiger partial charge in [-0.2, -0.15) is 0 Å². The number of methoxy groups -OCH3 is 1. The highest BCUT2D eigenvalue weighted by atomic mass is 32.2. The molecule has 0 aliphatic carbocycles. The molecule has 4 aromatic rings. The third-order valence-electron chi connectivity index (χ3n) is 5.76. The first-order chi connectivity index (χ1) is 16.8. The van der Waals surface area contributed by atoms with Gasteiger partial charge in [0.2, 0.25) is 0 Å². The molecule has 0 fully saturated rings. The van der Waals surface area contributed by atoms with E-state index in [1.807, 2.05) is 24.3 Å². The highest BCUT2D eigenvalue weighted by Crippen LogP contribution is 2.30. The van der Waals surface area contributed by atoms with Crippen LogP contribution in [-0.4, -0.2) is 34.2 Å². The number of thioether (sulfide) groups is 1. The monoisotopic (exact) mass is 487 g/mol. The van der Waals surface area contributed by atoms with Crippen LogP contribution in [0.4, 0.5) is 0 Å². The first-order valence-electron chi connectivity index (χ1n) is 11.9. The van der Waals surface area contributed by atoms with Gasteiger partial charge in [0.05, 0.1) is 13.7 Å². The molecule has 3 aromatic carbocycles. The molecule has 1 aromatic heterocycles. The molecule has 0 spiro atoms. The van der Waals surface area contributed by atoms with E-state index in [4.69, 9.17) is 9.47 Å². The molecule has 0 bridgehead atoms. The summed E-state index contributed by atoms with van der Waals surface area (Å²) in [4.78, 5) is 0. The number of benzene rings is 3. The van der Waals surface area contributed by atoms with Gasteiger partial charge in [-0.05, 0) is 60.7 Å². The molecule has 0 N–H and O–H groups in total. The van der Waals surface area contributed by atoms with Crippen LogP contribution in [0, 0.1) is 6.92 Å². The number of rotatable bonds is 9. The van der Waals surface area contributed by atoms with Gasteiger partial charge < -0.3 is 9.47 Å². The van der Waals surface area contributed by atoms with Gasteiger partial charge in [0.15, 0.2) is 11.0 Å². The summed E-state index contributed by atoms with van der Waals surface area (Å²) in [5.74, 6) is 3.38. The van der Waals surface area contributed by atoms with Crippen molar-refractivity contribution in [2.75, 3.05) is 19.5 Å². The van der Waals surface area contributed by atoms with Crippen LogP contribution in [0.1, 0.15) is 38.3 Å². The summed E-state index contributed by atoms with van der Waals surface area (Å²) in [5.41, 5.74) is 4.67. The van der Waals surface area contributed by atoms with Gasteiger partial charge in [0.1, 0.15) is 11.5 Å². The predicted octanol–water partition coefficient (Wildman–Crippen LogP) is 7.11. The number of hydrogen-bond acceptors (Lipinski definition) is 5. The molecular weight excluding hydrogens is 454 g/mol. The average molecular weight is 488 g/mol. The minimum Gasteiger partial charge on any atom is -0.497 e. The lowest BCUT2D eigenvalue weighted by Crippen LogP contribution is -2.10. The van der Waals surface area contributed by atoms with Crippen LogP contribution in [0.25, 0.3) is 17.1 Å². The van der Waals surface area contributed by atoms with E-state index in [1.54, 1.807) is 18.9 Å². The van der Waals surface area contributed by atoms with Crippen molar-refractivity contribution >= 4 is 11.8 Å². The number of ether oxygens (including phenoxy) is 2. The minimum atomic E-state index is 0.145. The Kier molecular flexibility index (Phi) is 7.81. The largest absolute Gasteiger partial charge is 0.497 e. The number of nitrogens with zero attached hydrogens (tertiary/aromatic N) is 3. The van der Waals surface area contributed by atoms with Crippen molar-refractivity contribution in [3.8, 4) is 28.6 Å². The van der Waals surface area contributed by atoms with Gasteiger partial charge in [0, 0.05) is 17.0 Å². The van der Waals surface area contributed by atoms with Crippen LogP contribution in [0.5, 0.6) is 11.5 Å². The summed E-state index contributed by atoms with van der Waals surface area (Å²) < 4.78 is 13.5. The van der Waals surface area contributed by atoms with Gasteiger partial charge in [0.25, 0.3) is 0 Å². The van der Waals surface area contributed by atoms with Gasteiger partial charge >= 0.3 is 0 Å². The fraction of sp³-hybridized carbons (Fsp3) is 0.310. The Bertz CT molecular complexity index is 1240. The Morgan fingerprint density at radius 2 is 1.63 bits per heavy atom. The molecule has 0 amide bonds. The van der Waals surface area contributed by atoms with Gasteiger partial charge in [-0.25, -0.2) is 0 Å². The van der Waals surface area contributed by atoms with E-state index >= 15 is 0 Å². The Balaban J connectivity index is 1.44. The first-order valence-corrected chi connectivity index (χ1v) is 12.9. The van der Waals surface area contributed by atoms with E-state index in [2.05, 4.69) is 91.0 Å². The van der Waals surface area contributed by atoms with Crippen molar-refractivity contribution in [1.82, 2.24) is 14.8 Å².